The average molecular weight is 1250 g/mol. The van der Waals surface area contributed by atoms with Gasteiger partial charge in [0.05, 0.1) is 51.8 Å². The summed E-state index contributed by atoms with van der Waals surface area (Å²) in [6.45, 7) is 14.9. The summed E-state index contributed by atoms with van der Waals surface area (Å²) in [6, 6.07) is 0. The van der Waals surface area contributed by atoms with Crippen molar-refractivity contribution in [3.05, 3.63) is 11.6 Å². The van der Waals surface area contributed by atoms with Crippen molar-refractivity contribution in [3.8, 4) is 0 Å². The quantitative estimate of drug-likeness (QED) is 0.0471. The average Bonchev–Trinajstić information content (AvgIpc) is 0.680. The molecule has 0 aromatic carbocycles. The zero-order chi connectivity index (χ0) is 63.6. The van der Waals surface area contributed by atoms with Crippen LogP contribution >= 0.6 is 0 Å². The maximum Gasteiger partial charge on any atom is 0.337 e. The molecule has 0 spiro atoms. The van der Waals surface area contributed by atoms with Gasteiger partial charge in [0.2, 0.25) is 0 Å². The number of rotatable bonds is 14. The Hall–Kier alpha value is -1.79. The van der Waals surface area contributed by atoms with Crippen molar-refractivity contribution in [3.63, 3.8) is 0 Å². The van der Waals surface area contributed by atoms with Crippen molar-refractivity contribution in [2.75, 3.05) is 33.5 Å². The highest BCUT2D eigenvalue weighted by atomic mass is 16.8. The molecule has 5 saturated heterocycles. The summed E-state index contributed by atoms with van der Waals surface area (Å²) in [4.78, 5) is 13.2. The highest BCUT2D eigenvalue weighted by Crippen LogP contribution is 2.76. The van der Waals surface area contributed by atoms with Gasteiger partial charge < -0.3 is 129 Å². The van der Waals surface area contributed by atoms with E-state index in [0.29, 0.717) is 25.7 Å². The highest BCUT2D eigenvalue weighted by Gasteiger charge is 2.70. The molecule has 0 aromatic rings. The van der Waals surface area contributed by atoms with Crippen LogP contribution in [0.25, 0.3) is 0 Å². The number of carbonyl (C=O) groups is 1. The van der Waals surface area contributed by atoms with Crippen molar-refractivity contribution in [1.82, 2.24) is 0 Å². The third-order valence-corrected chi connectivity index (χ3v) is 23.5. The third kappa shape index (κ3) is 11.4. The molecule has 500 valence electrons. The van der Waals surface area contributed by atoms with Crippen LogP contribution in [0.4, 0.5) is 0 Å². The first kappa shape index (κ1) is 68.1. The van der Waals surface area contributed by atoms with Crippen LogP contribution in [-0.4, -0.2) is 276 Å². The van der Waals surface area contributed by atoms with Gasteiger partial charge in [0.25, 0.3) is 0 Å². The fraction of sp³-hybridized carbons (Fsp3) is 0.950. The molecule has 0 amide bonds. The molecule has 5 heterocycles. The van der Waals surface area contributed by atoms with Gasteiger partial charge in [-0.3, -0.25) is 0 Å². The standard InChI is InChI=1S/C60H98O27/c1-24-34(65)38(69)43(74)50(79-24)86-47-40(71)37(68)29(21-62)81-53(47)87-48-42(73)41(72)45(49(76)77-9)84-54(48)82-32-13-14-57(5)30(58(32,6)23-63)12-15-60(8)31(57)11-10-25-26-18-55(2,3)19-33(56(26,4)16-17-59(25,60)7)83-52-46(35(66)27(64)22-78-52)85-51-44(75)39(70)36(67)28(20-61)80-51/h10,24,26-48,50-54,61-75H,11-23H2,1-9H3/t24-,26-,27-,28+,29+,30?,31+,32-,33+,34-,35-,36+,37-,38+,39-,40-,41-,42-,43+,44+,45-,46+,47+,48+,50-,51-,52-,53-,54+,56+,57-,58+,59+,60+/m0/s1. The number of allylic oxidation sites excluding steroid dienone is 2. The number of hydrogen-bond donors (Lipinski definition) is 15. The predicted octanol–water partition coefficient (Wildman–Crippen LogP) is -2.92. The first-order valence-corrected chi connectivity index (χ1v) is 31.1. The summed E-state index contributed by atoms with van der Waals surface area (Å²) < 4.78 is 66.7. The first-order valence-electron chi connectivity index (χ1n) is 31.1. The van der Waals surface area contributed by atoms with Gasteiger partial charge in [-0.1, -0.05) is 60.1 Å². The minimum atomic E-state index is -2.01. The molecule has 0 radical (unpaired) electrons. The molecule has 5 aliphatic carbocycles. The highest BCUT2D eigenvalue weighted by molar-refractivity contribution is 5.75. The van der Waals surface area contributed by atoms with Crippen LogP contribution < -0.4 is 0 Å². The van der Waals surface area contributed by atoms with Gasteiger partial charge in [0, 0.05) is 10.8 Å². The molecule has 9 fully saturated rings. The summed E-state index contributed by atoms with van der Waals surface area (Å²) >= 11 is 0. The summed E-state index contributed by atoms with van der Waals surface area (Å²) in [7, 11) is 1.07. The molecule has 10 rings (SSSR count). The first-order chi connectivity index (χ1) is 40.8. The van der Waals surface area contributed by atoms with Crippen LogP contribution in [0.5, 0.6) is 0 Å². The van der Waals surface area contributed by atoms with Crippen LogP contribution in [-0.2, 0) is 56.9 Å². The van der Waals surface area contributed by atoms with E-state index < -0.39 is 195 Å². The lowest BCUT2D eigenvalue weighted by molar-refractivity contribution is -0.396. The molecular weight excluding hydrogens is 1150 g/mol. The van der Waals surface area contributed by atoms with E-state index in [2.05, 4.69) is 47.6 Å². The topological polar surface area (TPSA) is 422 Å². The molecule has 10 aliphatic rings. The van der Waals surface area contributed by atoms with E-state index in [0.717, 1.165) is 39.2 Å². The Morgan fingerprint density at radius 1 is 0.540 bits per heavy atom. The van der Waals surface area contributed by atoms with Crippen LogP contribution in [0.3, 0.4) is 0 Å². The number of fused-ring (bicyclic) bond motifs is 7. The van der Waals surface area contributed by atoms with Crippen LogP contribution in [0, 0.1) is 50.2 Å². The second-order valence-corrected chi connectivity index (χ2v) is 29.0. The zero-order valence-corrected chi connectivity index (χ0v) is 51.1. The lowest BCUT2D eigenvalue weighted by Gasteiger charge is -2.72. The molecule has 27 nitrogen and oxygen atoms in total. The van der Waals surface area contributed by atoms with Crippen molar-refractivity contribution in [2.45, 2.75) is 273 Å². The molecule has 0 bridgehead atoms. The van der Waals surface area contributed by atoms with Gasteiger partial charge in [-0.25, -0.2) is 4.79 Å². The molecule has 1 unspecified atom stereocenters. The lowest BCUT2D eigenvalue weighted by Crippen LogP contribution is -2.68. The van der Waals surface area contributed by atoms with E-state index in [-0.39, 0.29) is 47.2 Å². The fourth-order valence-electron chi connectivity index (χ4n) is 17.9. The number of esters is 1. The van der Waals surface area contributed by atoms with Crippen molar-refractivity contribution >= 4 is 5.97 Å². The molecule has 5 aliphatic heterocycles. The Balaban J connectivity index is 0.902. The summed E-state index contributed by atoms with van der Waals surface area (Å²) in [5, 5.41) is 164. The van der Waals surface area contributed by atoms with E-state index in [1.807, 2.05) is 6.92 Å². The lowest BCUT2D eigenvalue weighted by atomic mass is 9.33. The van der Waals surface area contributed by atoms with Gasteiger partial charge in [-0.2, -0.15) is 0 Å². The van der Waals surface area contributed by atoms with E-state index >= 15 is 0 Å². The Morgan fingerprint density at radius 3 is 1.71 bits per heavy atom. The van der Waals surface area contributed by atoms with Crippen LogP contribution in [0.15, 0.2) is 11.6 Å². The number of carbonyl (C=O) groups excluding carboxylic acids is 1. The second-order valence-electron chi connectivity index (χ2n) is 29.0. The Labute approximate surface area is 506 Å². The molecular formula is C60H98O27. The number of ether oxygens (including phenoxy) is 11. The number of aliphatic hydroxyl groups excluding tert-OH is 15. The van der Waals surface area contributed by atoms with Gasteiger partial charge in [0.15, 0.2) is 37.6 Å². The zero-order valence-electron chi connectivity index (χ0n) is 51.1. The second kappa shape index (κ2) is 25.2. The smallest absolute Gasteiger partial charge is 0.337 e. The fourth-order valence-corrected chi connectivity index (χ4v) is 17.9. The Kier molecular flexibility index (Phi) is 19.7. The molecule has 0 aromatic heterocycles. The number of methoxy groups -OCH3 is 1. The maximum atomic E-state index is 13.2. The molecule has 87 heavy (non-hydrogen) atoms. The Morgan fingerprint density at radius 2 is 1.09 bits per heavy atom. The minimum absolute atomic E-state index is 0.0268. The summed E-state index contributed by atoms with van der Waals surface area (Å²) in [6.07, 6.45) is -32.8. The van der Waals surface area contributed by atoms with Gasteiger partial charge in [-0.05, 0) is 104 Å². The van der Waals surface area contributed by atoms with Crippen molar-refractivity contribution in [2.24, 2.45) is 50.2 Å². The molecule has 34 atom stereocenters. The van der Waals surface area contributed by atoms with E-state index in [4.69, 9.17) is 52.1 Å². The molecule has 15 N–H and O–H groups in total. The van der Waals surface area contributed by atoms with E-state index in [1.54, 1.807) is 0 Å². The third-order valence-electron chi connectivity index (χ3n) is 23.5. The molecule has 4 saturated carbocycles. The monoisotopic (exact) mass is 1250 g/mol. The Bertz CT molecular complexity index is 2420. The summed E-state index contributed by atoms with van der Waals surface area (Å²) in [5.41, 5.74) is -1.37. The normalized spacial score (nSPS) is 55.1. The predicted molar refractivity (Wildman–Crippen MR) is 294 cm³/mol. The molecule has 27 heteroatoms. The van der Waals surface area contributed by atoms with E-state index in [1.165, 1.54) is 12.5 Å². The van der Waals surface area contributed by atoms with Gasteiger partial charge in [0.1, 0.15) is 104 Å². The maximum absolute atomic E-state index is 13.2. The summed E-state index contributed by atoms with van der Waals surface area (Å²) in [5.74, 6) is -1.10. The SMILES string of the molecule is COC(=O)[C@H]1O[C@@H](O[C@H]2CC[C@@]3(C)C(CC[C@]4(C)[C@@H]3CC=C3[C@@H]5CC(C)(C)C[C@@H](O[C@@H]6OC[C@H](O)[C@H](O)[C@H]6O[C@@H]6O[C@H](CO)[C@@H](O)[C@H](O)[C@H]6O)[C@]5(C)CC[C@]34C)[C@@]2(C)CO)[C@H](O[C@@H]2O[C@H](CO)[C@H](O)[C@H](O)[C@H]2O[C@@H]2O[C@@H](C)[C@H](O)[C@@H](O)[C@H]2O)[C@@H](O)[C@@H]1O. The van der Waals surface area contributed by atoms with Crippen molar-refractivity contribution in [1.29, 1.82) is 0 Å². The van der Waals surface area contributed by atoms with Crippen molar-refractivity contribution < 1.29 is 133 Å². The van der Waals surface area contributed by atoms with Gasteiger partial charge in [-0.15, -0.1) is 0 Å². The number of hydrogen-bond acceptors (Lipinski definition) is 27. The number of aliphatic hydroxyl groups is 15. The van der Waals surface area contributed by atoms with Gasteiger partial charge >= 0.3 is 5.97 Å². The largest absolute Gasteiger partial charge is 0.467 e. The van der Waals surface area contributed by atoms with Crippen LogP contribution in [0.1, 0.15) is 113 Å². The minimum Gasteiger partial charge on any atom is -0.467 e. The van der Waals surface area contributed by atoms with Crippen LogP contribution in [0.2, 0.25) is 0 Å². The van der Waals surface area contributed by atoms with E-state index in [9.17, 15) is 81.4 Å².